The second-order valence-corrected chi connectivity index (χ2v) is 8.74. The van der Waals surface area contributed by atoms with Gasteiger partial charge in [0.15, 0.2) is 0 Å². The molecule has 4 N–H and O–H groups in total. The van der Waals surface area contributed by atoms with Crippen molar-refractivity contribution in [3.05, 3.63) is 0 Å². The van der Waals surface area contributed by atoms with Crippen LogP contribution in [0.5, 0.6) is 0 Å². The molecule has 0 aliphatic rings. The van der Waals surface area contributed by atoms with Crippen molar-refractivity contribution in [2.24, 2.45) is 11.5 Å². The molecule has 0 radical (unpaired) electrons. The highest BCUT2D eigenvalue weighted by atomic mass is 31.2. The molecule has 0 heterocycles. The molecule has 0 atom stereocenters. The Morgan fingerprint density at radius 3 is 1.67 bits per heavy atom. The van der Waals surface area contributed by atoms with E-state index >= 15 is 0 Å². The van der Waals surface area contributed by atoms with Gasteiger partial charge < -0.3 is 16.0 Å². The van der Waals surface area contributed by atoms with Crippen LogP contribution in [-0.2, 0) is 4.57 Å². The van der Waals surface area contributed by atoms with Gasteiger partial charge in [0, 0.05) is 18.5 Å². The summed E-state index contributed by atoms with van der Waals surface area (Å²) in [5.74, 6) is 0. The van der Waals surface area contributed by atoms with Gasteiger partial charge >= 0.3 is 0 Å². The van der Waals surface area contributed by atoms with Crippen LogP contribution in [0.25, 0.3) is 0 Å². The fraction of sp³-hybridized carbons (Fsp3) is 1.00. The molecule has 0 aliphatic carbocycles. The minimum atomic E-state index is -1.97. The van der Waals surface area contributed by atoms with Crippen LogP contribution < -0.4 is 11.5 Å². The number of unbranched alkanes of at least 4 members (excludes halogenated alkanes) is 5. The average molecular weight is 276 g/mol. The highest BCUT2D eigenvalue weighted by Gasteiger charge is 2.19. The summed E-state index contributed by atoms with van der Waals surface area (Å²) in [6, 6.07) is 0. The van der Waals surface area contributed by atoms with Gasteiger partial charge in [0.05, 0.1) is 7.14 Å². The molecule has 0 unspecified atom stereocenters. The van der Waals surface area contributed by atoms with Crippen molar-refractivity contribution in [3.8, 4) is 0 Å². The zero-order valence-electron chi connectivity index (χ0n) is 12.2. The lowest BCUT2D eigenvalue weighted by Gasteiger charge is -2.17. The highest BCUT2D eigenvalue weighted by Crippen LogP contribution is 2.47. The molecule has 0 fully saturated rings. The van der Waals surface area contributed by atoms with E-state index in [0.717, 1.165) is 37.7 Å². The van der Waals surface area contributed by atoms with Gasteiger partial charge in [-0.25, -0.2) is 0 Å². The van der Waals surface area contributed by atoms with E-state index in [4.69, 9.17) is 11.5 Å². The first-order valence-corrected chi connectivity index (χ1v) is 9.92. The number of nitrogens with two attached hydrogens (primary N) is 2. The lowest BCUT2D eigenvalue weighted by molar-refractivity contribution is 0.564. The van der Waals surface area contributed by atoms with E-state index in [2.05, 4.69) is 6.92 Å². The summed E-state index contributed by atoms with van der Waals surface area (Å²) >= 11 is 0. The molecule has 0 saturated heterocycles. The van der Waals surface area contributed by atoms with Crippen molar-refractivity contribution in [2.45, 2.75) is 58.3 Å². The summed E-state index contributed by atoms with van der Waals surface area (Å²) in [6.07, 6.45) is 12.0. The summed E-state index contributed by atoms with van der Waals surface area (Å²) in [5.41, 5.74) is 11.1. The average Bonchev–Trinajstić information content (AvgIpc) is 2.38. The van der Waals surface area contributed by atoms with Crippen molar-refractivity contribution in [1.82, 2.24) is 0 Å². The molecule has 0 saturated carbocycles. The number of hydrogen-bond acceptors (Lipinski definition) is 3. The molecule has 18 heavy (non-hydrogen) atoms. The topological polar surface area (TPSA) is 69.1 Å². The Labute approximate surface area is 113 Å². The van der Waals surface area contributed by atoms with Gasteiger partial charge in [-0.05, 0) is 32.4 Å². The van der Waals surface area contributed by atoms with Crippen molar-refractivity contribution in [2.75, 3.05) is 31.6 Å². The van der Waals surface area contributed by atoms with Crippen LogP contribution in [0.1, 0.15) is 58.3 Å². The standard InChI is InChI=1S/C14H33N2OP/c1-2-3-4-5-6-7-12-18(17,13-8-10-15)14-9-11-16/h2-16H2,1H3. The molecule has 0 aliphatic heterocycles. The Hall–Kier alpha value is 0.150. The van der Waals surface area contributed by atoms with Gasteiger partial charge in [0.2, 0.25) is 0 Å². The Kier molecular flexibility index (Phi) is 12.3. The molecule has 0 aromatic heterocycles. The first-order valence-electron chi connectivity index (χ1n) is 7.65. The van der Waals surface area contributed by atoms with Crippen molar-refractivity contribution < 1.29 is 4.57 Å². The third kappa shape index (κ3) is 10.1. The molecule has 4 heteroatoms. The molecule has 3 nitrogen and oxygen atoms in total. The molecule has 0 aromatic rings. The minimum Gasteiger partial charge on any atom is -0.330 e. The van der Waals surface area contributed by atoms with Crippen LogP contribution in [-0.4, -0.2) is 31.6 Å². The molecular formula is C14H33N2OP. The van der Waals surface area contributed by atoms with Crippen molar-refractivity contribution in [3.63, 3.8) is 0 Å². The van der Waals surface area contributed by atoms with E-state index in [-0.39, 0.29) is 0 Å². The third-order valence-electron chi connectivity index (χ3n) is 3.46. The SMILES string of the molecule is CCCCCCCCP(=O)(CCCN)CCCN. The third-order valence-corrected chi connectivity index (χ3v) is 6.85. The molecular weight excluding hydrogens is 243 g/mol. The van der Waals surface area contributed by atoms with E-state index in [0.29, 0.717) is 13.1 Å². The van der Waals surface area contributed by atoms with Crippen LogP contribution in [0, 0.1) is 0 Å². The Balaban J connectivity index is 3.81. The Morgan fingerprint density at radius 1 is 0.722 bits per heavy atom. The maximum Gasteiger partial charge on any atom is 0.0878 e. The maximum atomic E-state index is 12.7. The monoisotopic (exact) mass is 276 g/mol. The smallest absolute Gasteiger partial charge is 0.0878 e. The van der Waals surface area contributed by atoms with Crippen LogP contribution in [0.15, 0.2) is 0 Å². The van der Waals surface area contributed by atoms with E-state index in [1.54, 1.807) is 0 Å². The first-order chi connectivity index (χ1) is 8.68. The van der Waals surface area contributed by atoms with Gasteiger partial charge in [-0.2, -0.15) is 0 Å². The van der Waals surface area contributed by atoms with Gasteiger partial charge in [0.25, 0.3) is 0 Å². The quantitative estimate of drug-likeness (QED) is 0.400. The summed E-state index contributed by atoms with van der Waals surface area (Å²) in [7, 11) is -1.97. The van der Waals surface area contributed by atoms with Crippen LogP contribution in [0.3, 0.4) is 0 Å². The van der Waals surface area contributed by atoms with E-state index in [1.165, 1.54) is 32.1 Å². The Bertz CT molecular complexity index is 210. The summed E-state index contributed by atoms with van der Waals surface area (Å²) in [4.78, 5) is 0. The lowest BCUT2D eigenvalue weighted by atomic mass is 10.1. The van der Waals surface area contributed by atoms with E-state index in [9.17, 15) is 4.57 Å². The van der Waals surface area contributed by atoms with Crippen LogP contribution >= 0.6 is 7.14 Å². The Morgan fingerprint density at radius 2 is 1.17 bits per heavy atom. The first kappa shape index (κ1) is 18.1. The predicted octanol–water partition coefficient (Wildman–Crippen LogP) is 3.41. The molecule has 110 valence electrons. The largest absolute Gasteiger partial charge is 0.330 e. The summed E-state index contributed by atoms with van der Waals surface area (Å²) in [6.45, 7) is 3.54. The van der Waals surface area contributed by atoms with Gasteiger partial charge in [0.1, 0.15) is 0 Å². The number of rotatable bonds is 13. The zero-order chi connectivity index (χ0) is 13.7. The van der Waals surface area contributed by atoms with Crippen molar-refractivity contribution in [1.29, 1.82) is 0 Å². The second kappa shape index (κ2) is 12.2. The van der Waals surface area contributed by atoms with Crippen LogP contribution in [0.2, 0.25) is 0 Å². The van der Waals surface area contributed by atoms with Crippen LogP contribution in [0.4, 0.5) is 0 Å². The minimum absolute atomic E-state index is 0.656. The van der Waals surface area contributed by atoms with E-state index < -0.39 is 7.14 Å². The number of hydrogen-bond donors (Lipinski definition) is 2. The normalized spacial score (nSPS) is 11.9. The van der Waals surface area contributed by atoms with Crippen molar-refractivity contribution >= 4 is 7.14 Å². The predicted molar refractivity (Wildman–Crippen MR) is 82.9 cm³/mol. The molecule has 0 aromatic carbocycles. The molecule has 0 amide bonds. The highest BCUT2D eigenvalue weighted by molar-refractivity contribution is 7.63. The summed E-state index contributed by atoms with van der Waals surface area (Å²) in [5, 5.41) is 0. The zero-order valence-corrected chi connectivity index (χ0v) is 13.1. The van der Waals surface area contributed by atoms with Gasteiger partial charge in [-0.1, -0.05) is 39.0 Å². The van der Waals surface area contributed by atoms with E-state index in [1.807, 2.05) is 0 Å². The van der Waals surface area contributed by atoms with Gasteiger partial charge in [-0.3, -0.25) is 0 Å². The molecule has 0 spiro atoms. The lowest BCUT2D eigenvalue weighted by Crippen LogP contribution is -2.09. The summed E-state index contributed by atoms with van der Waals surface area (Å²) < 4.78 is 12.7. The fourth-order valence-corrected chi connectivity index (χ4v) is 5.26. The second-order valence-electron chi connectivity index (χ2n) is 5.28. The van der Waals surface area contributed by atoms with Gasteiger partial charge in [-0.15, -0.1) is 0 Å². The maximum absolute atomic E-state index is 12.7. The molecule has 0 bridgehead atoms. The molecule has 0 rings (SSSR count). The fourth-order valence-electron chi connectivity index (χ4n) is 2.27.